The highest BCUT2D eigenvalue weighted by molar-refractivity contribution is 7.20. The van der Waals surface area contributed by atoms with Gasteiger partial charge in [-0.05, 0) is 48.2 Å². The van der Waals surface area contributed by atoms with E-state index in [9.17, 15) is 9.90 Å². The van der Waals surface area contributed by atoms with Crippen molar-refractivity contribution in [3.8, 4) is 11.5 Å². The van der Waals surface area contributed by atoms with E-state index in [-0.39, 0.29) is 12.2 Å². The van der Waals surface area contributed by atoms with Gasteiger partial charge in [-0.1, -0.05) is 41.9 Å². The second kappa shape index (κ2) is 10.6. The van der Waals surface area contributed by atoms with Crippen molar-refractivity contribution in [3.05, 3.63) is 81.5 Å². The van der Waals surface area contributed by atoms with Crippen LogP contribution in [0.25, 0.3) is 15.9 Å². The minimum atomic E-state index is -0.914. The number of para-hydroxylation sites is 1. The number of benzene rings is 2. The van der Waals surface area contributed by atoms with Gasteiger partial charge in [0.2, 0.25) is 0 Å². The standard InChI is InChI=1S/C30H28ClN3O5S/c31-20-6-4-19(5-7-20)25-17-38-28-22(2-1-3-24(28)39-25)18-8-11-33(12-9-18)16-27-32-29-23(14-26(40-29)30(35)36)34(27)15-21-10-13-37-21/h1-8,14,21,25H,9-13,15-17H2,(H,35,36)/t21?,25-/m1/s1. The molecule has 4 aromatic rings. The number of fused-ring (bicyclic) bond motifs is 2. The Bertz CT molecular complexity index is 1610. The maximum absolute atomic E-state index is 11.5. The highest BCUT2D eigenvalue weighted by Gasteiger charge is 2.28. The minimum absolute atomic E-state index is 0.156. The molecule has 1 N–H and O–H groups in total. The summed E-state index contributed by atoms with van der Waals surface area (Å²) in [7, 11) is 0. The molecule has 5 heterocycles. The first-order chi connectivity index (χ1) is 19.5. The fourth-order valence-corrected chi connectivity index (χ4v) is 6.54. The number of carboxylic acids is 1. The zero-order valence-corrected chi connectivity index (χ0v) is 23.3. The molecule has 206 valence electrons. The lowest BCUT2D eigenvalue weighted by atomic mass is 9.97. The number of nitrogens with zero attached hydrogens (tertiary/aromatic N) is 3. The molecule has 0 saturated carbocycles. The van der Waals surface area contributed by atoms with Gasteiger partial charge >= 0.3 is 5.97 Å². The molecule has 1 unspecified atom stereocenters. The summed E-state index contributed by atoms with van der Waals surface area (Å²) in [6, 6.07) is 15.5. The van der Waals surface area contributed by atoms with E-state index in [1.807, 2.05) is 36.4 Å². The van der Waals surface area contributed by atoms with E-state index >= 15 is 0 Å². The van der Waals surface area contributed by atoms with Crippen molar-refractivity contribution in [3.63, 3.8) is 0 Å². The number of thiophene rings is 1. The number of aromatic carboxylic acids is 1. The monoisotopic (exact) mass is 577 g/mol. The molecule has 3 aliphatic heterocycles. The maximum atomic E-state index is 11.5. The largest absolute Gasteiger partial charge is 0.485 e. The number of carbonyl (C=O) groups is 1. The van der Waals surface area contributed by atoms with Crippen LogP contribution in [0, 0.1) is 0 Å². The van der Waals surface area contributed by atoms with E-state index in [2.05, 4.69) is 21.6 Å². The van der Waals surface area contributed by atoms with Crippen LogP contribution in [0.2, 0.25) is 5.02 Å². The molecule has 7 rings (SSSR count). The van der Waals surface area contributed by atoms with Crippen LogP contribution in [-0.4, -0.2) is 57.9 Å². The molecule has 2 aromatic heterocycles. The predicted octanol–water partition coefficient (Wildman–Crippen LogP) is 6.04. The van der Waals surface area contributed by atoms with Gasteiger partial charge in [0.05, 0.1) is 24.7 Å². The van der Waals surface area contributed by atoms with Crippen LogP contribution in [0.15, 0.2) is 54.6 Å². The Hall–Kier alpha value is -3.37. The average molecular weight is 578 g/mol. The van der Waals surface area contributed by atoms with Crippen molar-refractivity contribution in [1.82, 2.24) is 14.5 Å². The summed E-state index contributed by atoms with van der Waals surface area (Å²) in [6.07, 6.45) is 4.14. The first-order valence-electron chi connectivity index (χ1n) is 13.5. The van der Waals surface area contributed by atoms with Crippen LogP contribution < -0.4 is 9.47 Å². The molecule has 40 heavy (non-hydrogen) atoms. The SMILES string of the molecule is O=C(O)c1cc2c(nc(CN3CC=C(c4cccc5c4OC[C@H](c4ccc(Cl)cc4)O5)CC3)n2CC2CCO2)s1. The molecule has 3 aliphatic rings. The van der Waals surface area contributed by atoms with Gasteiger partial charge in [-0.25, -0.2) is 9.78 Å². The second-order valence-corrected chi connectivity index (χ2v) is 11.8. The molecule has 2 aromatic carbocycles. The first kappa shape index (κ1) is 25.6. The Balaban J connectivity index is 1.08. The smallest absolute Gasteiger partial charge is 0.346 e. The summed E-state index contributed by atoms with van der Waals surface area (Å²) in [4.78, 5) is 19.8. The molecule has 0 aliphatic carbocycles. The Labute approximate surface area is 240 Å². The number of carboxylic acid groups (broad SMARTS) is 1. The van der Waals surface area contributed by atoms with Gasteiger partial charge in [0.15, 0.2) is 17.6 Å². The third kappa shape index (κ3) is 4.88. The van der Waals surface area contributed by atoms with Crippen LogP contribution >= 0.6 is 22.9 Å². The molecule has 1 fully saturated rings. The molecule has 8 nitrogen and oxygen atoms in total. The summed E-state index contributed by atoms with van der Waals surface area (Å²) in [5.74, 6) is 1.60. The molecule has 2 atom stereocenters. The number of aromatic nitrogens is 2. The summed E-state index contributed by atoms with van der Waals surface area (Å²) < 4.78 is 20.4. The third-order valence-electron chi connectivity index (χ3n) is 7.79. The summed E-state index contributed by atoms with van der Waals surface area (Å²) in [5, 5.41) is 10.1. The fraction of sp³-hybridized carbons (Fsp3) is 0.333. The van der Waals surface area contributed by atoms with Crippen LogP contribution in [0.4, 0.5) is 0 Å². The molecule has 1 saturated heterocycles. The van der Waals surface area contributed by atoms with E-state index in [4.69, 9.17) is 30.8 Å². The van der Waals surface area contributed by atoms with Gasteiger partial charge in [-0.2, -0.15) is 0 Å². The molecular weight excluding hydrogens is 550 g/mol. The van der Waals surface area contributed by atoms with Crippen molar-refractivity contribution >= 4 is 44.8 Å². The topological polar surface area (TPSA) is 86.0 Å². The normalized spacial score (nSPS) is 20.8. The molecule has 10 heteroatoms. The predicted molar refractivity (Wildman–Crippen MR) is 154 cm³/mol. The Morgan fingerprint density at radius 2 is 2.05 bits per heavy atom. The van der Waals surface area contributed by atoms with Crippen LogP contribution in [0.5, 0.6) is 11.5 Å². The Morgan fingerprint density at radius 1 is 1.20 bits per heavy atom. The highest BCUT2D eigenvalue weighted by Crippen LogP contribution is 2.43. The number of halogens is 1. The molecular formula is C30H28ClN3O5S. The van der Waals surface area contributed by atoms with E-state index in [0.29, 0.717) is 29.6 Å². The zero-order valence-electron chi connectivity index (χ0n) is 21.7. The second-order valence-electron chi connectivity index (χ2n) is 10.3. The zero-order chi connectivity index (χ0) is 27.2. The lowest BCUT2D eigenvalue weighted by Gasteiger charge is -2.31. The average Bonchev–Trinajstić information content (AvgIpc) is 3.49. The van der Waals surface area contributed by atoms with Crippen LogP contribution in [-0.2, 0) is 17.8 Å². The number of ether oxygens (including phenoxy) is 3. The van der Waals surface area contributed by atoms with Crippen LogP contribution in [0.1, 0.15) is 45.6 Å². The lowest BCUT2D eigenvalue weighted by Crippen LogP contribution is -2.33. The molecule has 0 amide bonds. The van der Waals surface area contributed by atoms with Crippen molar-refractivity contribution in [2.24, 2.45) is 0 Å². The quantitative estimate of drug-likeness (QED) is 0.286. The molecule has 0 bridgehead atoms. The summed E-state index contributed by atoms with van der Waals surface area (Å²) in [6.45, 7) is 4.27. The summed E-state index contributed by atoms with van der Waals surface area (Å²) in [5.41, 5.74) is 4.25. The number of hydrogen-bond acceptors (Lipinski definition) is 7. The van der Waals surface area contributed by atoms with Crippen molar-refractivity contribution < 1.29 is 24.1 Å². The Kier molecular flexibility index (Phi) is 6.75. The molecule has 0 radical (unpaired) electrons. The van der Waals surface area contributed by atoms with Crippen LogP contribution in [0.3, 0.4) is 0 Å². The lowest BCUT2D eigenvalue weighted by molar-refractivity contribution is -0.0591. The highest BCUT2D eigenvalue weighted by atomic mass is 35.5. The van der Waals surface area contributed by atoms with Crippen molar-refractivity contribution in [1.29, 1.82) is 0 Å². The number of rotatable bonds is 7. The number of imidazole rings is 1. The van der Waals surface area contributed by atoms with Gasteiger partial charge in [-0.15, -0.1) is 11.3 Å². The first-order valence-corrected chi connectivity index (χ1v) is 14.6. The maximum Gasteiger partial charge on any atom is 0.346 e. The Morgan fingerprint density at radius 3 is 2.77 bits per heavy atom. The van der Waals surface area contributed by atoms with Gasteiger partial charge in [0, 0.05) is 30.3 Å². The van der Waals surface area contributed by atoms with Gasteiger partial charge in [-0.3, -0.25) is 4.90 Å². The van der Waals surface area contributed by atoms with Crippen molar-refractivity contribution in [2.45, 2.75) is 38.1 Å². The van der Waals surface area contributed by atoms with Gasteiger partial charge in [0.1, 0.15) is 22.1 Å². The minimum Gasteiger partial charge on any atom is -0.485 e. The third-order valence-corrected chi connectivity index (χ3v) is 9.05. The van der Waals surface area contributed by atoms with Crippen molar-refractivity contribution in [2.75, 3.05) is 26.3 Å². The van der Waals surface area contributed by atoms with Gasteiger partial charge in [0.25, 0.3) is 0 Å². The molecule has 0 spiro atoms. The fourth-order valence-electron chi connectivity index (χ4n) is 5.52. The number of hydrogen-bond donors (Lipinski definition) is 1. The van der Waals surface area contributed by atoms with E-state index < -0.39 is 5.97 Å². The summed E-state index contributed by atoms with van der Waals surface area (Å²) >= 11 is 7.28. The van der Waals surface area contributed by atoms with Gasteiger partial charge < -0.3 is 23.9 Å². The van der Waals surface area contributed by atoms with E-state index in [1.54, 1.807) is 6.07 Å². The van der Waals surface area contributed by atoms with E-state index in [0.717, 1.165) is 71.3 Å². The van der Waals surface area contributed by atoms with E-state index in [1.165, 1.54) is 16.9 Å².